The number of rotatable bonds is 6. The summed E-state index contributed by atoms with van der Waals surface area (Å²) >= 11 is 0.953. The minimum absolute atomic E-state index is 0.0134. The zero-order chi connectivity index (χ0) is 12.0. The van der Waals surface area contributed by atoms with Crippen LogP contribution in [0, 0.1) is 10.1 Å². The number of hydrogen-bond acceptors (Lipinski definition) is 6. The van der Waals surface area contributed by atoms with Gasteiger partial charge < -0.3 is 10.6 Å². The molecule has 1 heterocycles. The van der Waals surface area contributed by atoms with Gasteiger partial charge in [0.25, 0.3) is 0 Å². The molecule has 0 saturated carbocycles. The van der Waals surface area contributed by atoms with Gasteiger partial charge in [-0.05, 0) is 18.3 Å². The Hall–Kier alpha value is -1.70. The van der Waals surface area contributed by atoms with E-state index in [0.29, 0.717) is 24.6 Å². The molecule has 0 fully saturated rings. The first-order valence-electron chi connectivity index (χ1n) is 4.74. The van der Waals surface area contributed by atoms with E-state index in [9.17, 15) is 14.9 Å². The molecule has 0 unspecified atom stereocenters. The second-order valence-corrected chi connectivity index (χ2v) is 3.90. The third-order valence-corrected chi connectivity index (χ3v) is 2.58. The van der Waals surface area contributed by atoms with Crippen molar-refractivity contribution in [3.63, 3.8) is 0 Å². The summed E-state index contributed by atoms with van der Waals surface area (Å²) in [5.74, 6) is -0.0546. The molecule has 0 bridgehead atoms. The highest BCUT2D eigenvalue weighted by Gasteiger charge is 2.10. The molecule has 0 radical (unpaired) electrons. The first-order chi connectivity index (χ1) is 7.63. The minimum Gasteiger partial charge on any atom is -0.361 e. The van der Waals surface area contributed by atoms with Crippen LogP contribution >= 0.6 is 11.3 Å². The quantitative estimate of drug-likeness (QED) is 0.574. The molecule has 2 N–H and O–H groups in total. The standard InChI is InChI=1S/C8H12N4O3S/c1-2-9-6(13)3-4-10-8-11-5-7(16-8)12(14)15/h5H,2-4H2,1H3,(H,9,13)(H,10,11). The smallest absolute Gasteiger partial charge is 0.345 e. The summed E-state index contributed by atoms with van der Waals surface area (Å²) in [4.78, 5) is 24.8. The predicted octanol–water partition coefficient (Wildman–Crippen LogP) is 0.989. The molecule has 0 atom stereocenters. The van der Waals surface area contributed by atoms with Gasteiger partial charge in [-0.1, -0.05) is 0 Å². The van der Waals surface area contributed by atoms with Crippen molar-refractivity contribution in [2.75, 3.05) is 18.4 Å². The van der Waals surface area contributed by atoms with E-state index < -0.39 is 4.92 Å². The van der Waals surface area contributed by atoms with Crippen LogP contribution in [0.2, 0.25) is 0 Å². The van der Waals surface area contributed by atoms with E-state index in [1.807, 2.05) is 6.92 Å². The van der Waals surface area contributed by atoms with Crippen molar-refractivity contribution >= 4 is 27.4 Å². The third kappa shape index (κ3) is 3.81. The number of nitro groups is 1. The Morgan fingerprint density at radius 2 is 2.44 bits per heavy atom. The van der Waals surface area contributed by atoms with Gasteiger partial charge >= 0.3 is 5.00 Å². The lowest BCUT2D eigenvalue weighted by atomic mass is 10.4. The molecule has 1 aromatic heterocycles. The summed E-state index contributed by atoms with van der Waals surface area (Å²) in [5, 5.41) is 16.3. The molecule has 0 aliphatic heterocycles. The topological polar surface area (TPSA) is 97.2 Å². The monoisotopic (exact) mass is 244 g/mol. The molecule has 0 aliphatic rings. The second kappa shape index (κ2) is 6.01. The molecule has 0 spiro atoms. The van der Waals surface area contributed by atoms with Gasteiger partial charge in [-0.15, -0.1) is 0 Å². The van der Waals surface area contributed by atoms with Crippen molar-refractivity contribution in [3.8, 4) is 0 Å². The van der Waals surface area contributed by atoms with Crippen LogP contribution in [0.15, 0.2) is 6.20 Å². The lowest BCUT2D eigenvalue weighted by Crippen LogP contribution is -2.24. The van der Waals surface area contributed by atoms with Crippen molar-refractivity contribution in [2.24, 2.45) is 0 Å². The normalized spacial score (nSPS) is 9.81. The van der Waals surface area contributed by atoms with Gasteiger partial charge in [-0.2, -0.15) is 0 Å². The van der Waals surface area contributed by atoms with E-state index >= 15 is 0 Å². The van der Waals surface area contributed by atoms with Gasteiger partial charge in [0, 0.05) is 19.5 Å². The van der Waals surface area contributed by atoms with Crippen molar-refractivity contribution in [1.29, 1.82) is 0 Å². The van der Waals surface area contributed by atoms with Crippen molar-refractivity contribution in [2.45, 2.75) is 13.3 Å². The SMILES string of the molecule is CCNC(=O)CCNc1ncc([N+](=O)[O-])s1. The summed E-state index contributed by atoms with van der Waals surface area (Å²) in [6, 6.07) is 0. The first-order valence-corrected chi connectivity index (χ1v) is 5.56. The van der Waals surface area contributed by atoms with Crippen LogP contribution in [-0.2, 0) is 4.79 Å². The Balaban J connectivity index is 2.32. The van der Waals surface area contributed by atoms with Gasteiger partial charge in [-0.3, -0.25) is 14.9 Å². The number of carbonyl (C=O) groups is 1. The Labute approximate surface area is 96.0 Å². The Bertz CT molecular complexity index is 379. The van der Waals surface area contributed by atoms with E-state index in [1.165, 1.54) is 6.20 Å². The van der Waals surface area contributed by atoms with Crippen molar-refractivity contribution in [3.05, 3.63) is 16.3 Å². The summed E-state index contributed by atoms with van der Waals surface area (Å²) in [7, 11) is 0. The molecule has 8 heteroatoms. The van der Waals surface area contributed by atoms with Crippen molar-refractivity contribution in [1.82, 2.24) is 10.3 Å². The molecule has 0 saturated heterocycles. The summed E-state index contributed by atoms with van der Waals surface area (Å²) in [5.41, 5.74) is 0. The maximum absolute atomic E-state index is 11.1. The largest absolute Gasteiger partial charge is 0.361 e. The zero-order valence-electron chi connectivity index (χ0n) is 8.73. The number of nitrogens with zero attached hydrogens (tertiary/aromatic N) is 2. The zero-order valence-corrected chi connectivity index (χ0v) is 9.54. The van der Waals surface area contributed by atoms with E-state index in [4.69, 9.17) is 0 Å². The third-order valence-electron chi connectivity index (χ3n) is 1.68. The highest BCUT2D eigenvalue weighted by atomic mass is 32.1. The number of thiazole rings is 1. The van der Waals surface area contributed by atoms with E-state index in [-0.39, 0.29) is 10.9 Å². The highest BCUT2D eigenvalue weighted by Crippen LogP contribution is 2.24. The van der Waals surface area contributed by atoms with Gasteiger partial charge in [0.05, 0.1) is 4.92 Å². The maximum Gasteiger partial charge on any atom is 0.345 e. The molecule has 1 rings (SSSR count). The molecular weight excluding hydrogens is 232 g/mol. The van der Waals surface area contributed by atoms with Crippen LogP contribution in [0.5, 0.6) is 0 Å². The second-order valence-electron chi connectivity index (χ2n) is 2.89. The van der Waals surface area contributed by atoms with Crippen LogP contribution in [0.4, 0.5) is 10.1 Å². The highest BCUT2D eigenvalue weighted by molar-refractivity contribution is 7.18. The summed E-state index contributed by atoms with van der Waals surface area (Å²) in [6.07, 6.45) is 1.51. The molecular formula is C8H12N4O3S. The summed E-state index contributed by atoms with van der Waals surface area (Å²) < 4.78 is 0. The fourth-order valence-corrected chi connectivity index (χ4v) is 1.66. The van der Waals surface area contributed by atoms with Gasteiger partial charge in [0.1, 0.15) is 6.20 Å². The maximum atomic E-state index is 11.1. The molecule has 88 valence electrons. The van der Waals surface area contributed by atoms with Crippen LogP contribution in [0.25, 0.3) is 0 Å². The van der Waals surface area contributed by atoms with E-state index in [2.05, 4.69) is 15.6 Å². The molecule has 7 nitrogen and oxygen atoms in total. The van der Waals surface area contributed by atoms with Crippen molar-refractivity contribution < 1.29 is 9.72 Å². The van der Waals surface area contributed by atoms with Crippen LogP contribution in [-0.4, -0.2) is 28.9 Å². The number of aromatic nitrogens is 1. The molecule has 16 heavy (non-hydrogen) atoms. The van der Waals surface area contributed by atoms with E-state index in [0.717, 1.165) is 11.3 Å². The van der Waals surface area contributed by atoms with Gasteiger partial charge in [0.2, 0.25) is 5.91 Å². The molecule has 0 aliphatic carbocycles. The average molecular weight is 244 g/mol. The number of anilines is 1. The molecule has 1 aromatic rings. The van der Waals surface area contributed by atoms with Gasteiger partial charge in [0.15, 0.2) is 5.13 Å². The fraction of sp³-hybridized carbons (Fsp3) is 0.500. The lowest BCUT2D eigenvalue weighted by molar-refractivity contribution is -0.380. The van der Waals surface area contributed by atoms with Crippen LogP contribution < -0.4 is 10.6 Å². The average Bonchev–Trinajstić information content (AvgIpc) is 2.67. The van der Waals surface area contributed by atoms with Gasteiger partial charge in [-0.25, -0.2) is 4.98 Å². The minimum atomic E-state index is -0.493. The summed E-state index contributed by atoms with van der Waals surface area (Å²) in [6.45, 7) is 2.85. The Kier molecular flexibility index (Phi) is 4.65. The Morgan fingerprint density at radius 3 is 3.00 bits per heavy atom. The number of hydrogen-bond donors (Lipinski definition) is 2. The molecule has 1 amide bonds. The number of nitrogens with one attached hydrogen (secondary N) is 2. The first kappa shape index (κ1) is 12.4. The Morgan fingerprint density at radius 1 is 1.69 bits per heavy atom. The predicted molar refractivity (Wildman–Crippen MR) is 60.6 cm³/mol. The fourth-order valence-electron chi connectivity index (χ4n) is 1.00. The van der Waals surface area contributed by atoms with Crippen LogP contribution in [0.3, 0.4) is 0 Å². The number of amides is 1. The lowest BCUT2D eigenvalue weighted by Gasteiger charge is -2.02. The molecule has 0 aromatic carbocycles. The van der Waals surface area contributed by atoms with Crippen LogP contribution in [0.1, 0.15) is 13.3 Å². The van der Waals surface area contributed by atoms with E-state index in [1.54, 1.807) is 0 Å². The number of carbonyl (C=O) groups excluding carboxylic acids is 1.